The second-order valence-corrected chi connectivity index (χ2v) is 5.87. The minimum Gasteiger partial charge on any atom is -0.388 e. The molecule has 98 valence electrons. The Labute approximate surface area is 122 Å². The summed E-state index contributed by atoms with van der Waals surface area (Å²) in [6.45, 7) is 0. The fourth-order valence-corrected chi connectivity index (χ4v) is 3.14. The summed E-state index contributed by atoms with van der Waals surface area (Å²) in [7, 11) is 0. The number of aliphatic hydroxyl groups excluding tert-OH is 1. The van der Waals surface area contributed by atoms with Crippen molar-refractivity contribution in [1.29, 1.82) is 0 Å². The van der Waals surface area contributed by atoms with Crippen molar-refractivity contribution in [2.45, 2.75) is 18.4 Å². The largest absolute Gasteiger partial charge is 0.388 e. The highest BCUT2D eigenvalue weighted by Crippen LogP contribution is 2.54. The van der Waals surface area contributed by atoms with E-state index in [2.05, 4.69) is 12.1 Å². The Bertz CT molecular complexity index is 583. The number of rotatable bonds is 3. The van der Waals surface area contributed by atoms with Crippen molar-refractivity contribution >= 4 is 23.2 Å². The molecule has 0 radical (unpaired) electrons. The van der Waals surface area contributed by atoms with Crippen LogP contribution in [0.4, 0.5) is 0 Å². The van der Waals surface area contributed by atoms with Gasteiger partial charge in [0.25, 0.3) is 0 Å². The first-order valence-electron chi connectivity index (χ1n) is 6.35. The summed E-state index contributed by atoms with van der Waals surface area (Å²) in [5, 5.41) is 11.6. The van der Waals surface area contributed by atoms with Gasteiger partial charge in [0, 0.05) is 10.0 Å². The molecule has 0 aromatic heterocycles. The van der Waals surface area contributed by atoms with Crippen molar-refractivity contribution < 1.29 is 5.11 Å². The molecule has 3 atom stereocenters. The lowest BCUT2D eigenvalue weighted by molar-refractivity contribution is 0.151. The summed E-state index contributed by atoms with van der Waals surface area (Å²) in [6, 6.07) is 15.6. The van der Waals surface area contributed by atoms with Crippen LogP contribution in [-0.4, -0.2) is 5.11 Å². The van der Waals surface area contributed by atoms with Crippen LogP contribution in [0.3, 0.4) is 0 Å². The standard InChI is InChI=1S/C16H14Cl2O/c17-11-6-7-12(15(18)8-11)16(19)14-9-13(14)10-4-2-1-3-5-10/h1-8,13-14,16,19H,9H2. The molecule has 1 saturated carbocycles. The number of aliphatic hydroxyl groups is 1. The zero-order chi connectivity index (χ0) is 13.4. The van der Waals surface area contributed by atoms with Crippen LogP contribution in [0, 0.1) is 5.92 Å². The summed E-state index contributed by atoms with van der Waals surface area (Å²) >= 11 is 12.0. The Morgan fingerprint density at radius 2 is 1.79 bits per heavy atom. The average molecular weight is 293 g/mol. The van der Waals surface area contributed by atoms with Gasteiger partial charge < -0.3 is 5.11 Å². The molecule has 0 bridgehead atoms. The molecular formula is C16H14Cl2O. The van der Waals surface area contributed by atoms with Gasteiger partial charge in [-0.2, -0.15) is 0 Å². The lowest BCUT2D eigenvalue weighted by atomic mass is 10.0. The zero-order valence-corrected chi connectivity index (χ0v) is 11.8. The third-order valence-electron chi connectivity index (χ3n) is 3.75. The molecule has 0 amide bonds. The molecule has 1 nitrogen and oxygen atoms in total. The van der Waals surface area contributed by atoms with E-state index in [4.69, 9.17) is 23.2 Å². The molecule has 1 N–H and O–H groups in total. The predicted octanol–water partition coefficient (Wildman–Crippen LogP) is 4.83. The van der Waals surface area contributed by atoms with Crippen LogP contribution in [0.25, 0.3) is 0 Å². The monoisotopic (exact) mass is 292 g/mol. The molecule has 1 aliphatic carbocycles. The van der Waals surface area contributed by atoms with Crippen molar-refractivity contribution in [3.63, 3.8) is 0 Å². The van der Waals surface area contributed by atoms with Gasteiger partial charge in [0.05, 0.1) is 6.10 Å². The second-order valence-electron chi connectivity index (χ2n) is 5.03. The van der Waals surface area contributed by atoms with Crippen LogP contribution < -0.4 is 0 Å². The van der Waals surface area contributed by atoms with Gasteiger partial charge in [0.1, 0.15) is 0 Å². The predicted molar refractivity (Wildman–Crippen MR) is 78.7 cm³/mol. The molecule has 3 heteroatoms. The van der Waals surface area contributed by atoms with E-state index in [1.165, 1.54) is 5.56 Å². The van der Waals surface area contributed by atoms with Crippen LogP contribution in [0.5, 0.6) is 0 Å². The van der Waals surface area contributed by atoms with E-state index in [9.17, 15) is 5.11 Å². The van der Waals surface area contributed by atoms with Crippen LogP contribution in [0.2, 0.25) is 10.0 Å². The third-order valence-corrected chi connectivity index (χ3v) is 4.32. The maximum atomic E-state index is 10.4. The van der Waals surface area contributed by atoms with Gasteiger partial charge in [-0.3, -0.25) is 0 Å². The fraction of sp³-hybridized carbons (Fsp3) is 0.250. The van der Waals surface area contributed by atoms with Crippen LogP contribution >= 0.6 is 23.2 Å². The van der Waals surface area contributed by atoms with E-state index in [0.717, 1.165) is 12.0 Å². The Balaban J connectivity index is 1.78. The maximum Gasteiger partial charge on any atom is 0.0838 e. The fourth-order valence-electron chi connectivity index (χ4n) is 2.62. The van der Waals surface area contributed by atoms with Crippen molar-refractivity contribution in [3.05, 3.63) is 69.7 Å². The van der Waals surface area contributed by atoms with E-state index < -0.39 is 6.10 Å². The first-order valence-corrected chi connectivity index (χ1v) is 7.10. The molecule has 2 aromatic carbocycles. The minimum atomic E-state index is -0.519. The van der Waals surface area contributed by atoms with E-state index in [1.807, 2.05) is 24.3 Å². The molecule has 0 saturated heterocycles. The van der Waals surface area contributed by atoms with Crippen LogP contribution in [0.1, 0.15) is 29.6 Å². The van der Waals surface area contributed by atoms with E-state index in [-0.39, 0.29) is 5.92 Å². The molecule has 0 spiro atoms. The Hall–Kier alpha value is -1.02. The van der Waals surface area contributed by atoms with Gasteiger partial charge in [-0.1, -0.05) is 59.6 Å². The van der Waals surface area contributed by atoms with Crippen LogP contribution in [-0.2, 0) is 0 Å². The summed E-state index contributed by atoms with van der Waals surface area (Å²) < 4.78 is 0. The Kier molecular flexibility index (Phi) is 3.53. The molecule has 19 heavy (non-hydrogen) atoms. The first kappa shape index (κ1) is 13.0. The zero-order valence-electron chi connectivity index (χ0n) is 10.3. The summed E-state index contributed by atoms with van der Waals surface area (Å²) in [6.07, 6.45) is 0.486. The molecular weight excluding hydrogens is 279 g/mol. The lowest BCUT2D eigenvalue weighted by Crippen LogP contribution is -2.02. The normalized spacial score (nSPS) is 23.1. The molecule has 2 aromatic rings. The van der Waals surface area contributed by atoms with E-state index >= 15 is 0 Å². The number of hydrogen-bond donors (Lipinski definition) is 1. The van der Waals surface area contributed by atoms with Crippen LogP contribution in [0.15, 0.2) is 48.5 Å². The van der Waals surface area contributed by atoms with Gasteiger partial charge in [0.15, 0.2) is 0 Å². The number of halogens is 2. The molecule has 3 unspecified atom stereocenters. The summed E-state index contributed by atoms with van der Waals surface area (Å²) in [5.74, 6) is 0.684. The number of benzene rings is 2. The summed E-state index contributed by atoms with van der Waals surface area (Å²) in [5.41, 5.74) is 2.06. The highest BCUT2D eigenvalue weighted by Gasteiger charge is 2.44. The Morgan fingerprint density at radius 1 is 1.05 bits per heavy atom. The van der Waals surface area contributed by atoms with E-state index in [1.54, 1.807) is 12.1 Å². The van der Waals surface area contributed by atoms with Crippen molar-refractivity contribution in [1.82, 2.24) is 0 Å². The number of hydrogen-bond acceptors (Lipinski definition) is 1. The Morgan fingerprint density at radius 3 is 2.47 bits per heavy atom. The van der Waals surface area contributed by atoms with Gasteiger partial charge in [-0.25, -0.2) is 0 Å². The van der Waals surface area contributed by atoms with Crippen molar-refractivity contribution in [3.8, 4) is 0 Å². The molecule has 1 fully saturated rings. The highest BCUT2D eigenvalue weighted by molar-refractivity contribution is 6.35. The van der Waals surface area contributed by atoms with Gasteiger partial charge in [-0.15, -0.1) is 0 Å². The SMILES string of the molecule is OC(c1ccc(Cl)cc1Cl)C1CC1c1ccccc1. The van der Waals surface area contributed by atoms with Gasteiger partial charge >= 0.3 is 0 Å². The third kappa shape index (κ3) is 2.64. The van der Waals surface area contributed by atoms with Crippen molar-refractivity contribution in [2.24, 2.45) is 5.92 Å². The first-order chi connectivity index (χ1) is 9.16. The highest BCUT2D eigenvalue weighted by atomic mass is 35.5. The lowest BCUT2D eigenvalue weighted by Gasteiger charge is -2.13. The average Bonchev–Trinajstić information content (AvgIpc) is 3.19. The molecule has 3 rings (SSSR count). The maximum absolute atomic E-state index is 10.4. The molecule has 1 aliphatic rings. The molecule has 0 aliphatic heterocycles. The van der Waals surface area contributed by atoms with Gasteiger partial charge in [0.2, 0.25) is 0 Å². The molecule has 0 heterocycles. The summed E-state index contributed by atoms with van der Waals surface area (Å²) in [4.78, 5) is 0. The minimum absolute atomic E-state index is 0.251. The van der Waals surface area contributed by atoms with Crippen molar-refractivity contribution in [2.75, 3.05) is 0 Å². The second kappa shape index (κ2) is 5.16. The smallest absolute Gasteiger partial charge is 0.0838 e. The quantitative estimate of drug-likeness (QED) is 0.859. The van der Waals surface area contributed by atoms with Gasteiger partial charge in [-0.05, 0) is 41.5 Å². The van der Waals surface area contributed by atoms with E-state index in [0.29, 0.717) is 16.0 Å². The topological polar surface area (TPSA) is 20.2 Å².